The van der Waals surface area contributed by atoms with Gasteiger partial charge in [0.05, 0.1) is 0 Å². The van der Waals surface area contributed by atoms with Crippen LogP contribution in [0.15, 0.2) is 0 Å². The molecule has 1 saturated heterocycles. The minimum atomic E-state index is 0. The average molecular weight is 203 g/mol. The zero-order valence-electron chi connectivity index (χ0n) is 8.08. The first-order valence-electron chi connectivity index (χ1n) is 4.83. The molecule has 0 atom stereocenters. The summed E-state index contributed by atoms with van der Waals surface area (Å²) in [5, 5.41) is 0. The molecular formula is C10H18NV-. The maximum atomic E-state index is 2.70. The number of hydrogen-bond acceptors (Lipinski definition) is 1. The van der Waals surface area contributed by atoms with Gasteiger partial charge in [-0.15, -0.1) is 0 Å². The Balaban J connectivity index is 0.000000720. The van der Waals surface area contributed by atoms with Crippen LogP contribution < -0.4 is 0 Å². The van der Waals surface area contributed by atoms with E-state index in [1.165, 1.54) is 32.2 Å². The third-order valence-electron chi connectivity index (χ3n) is 3.16. The Hall–Kier alpha value is 0.544. The van der Waals surface area contributed by atoms with Crippen LogP contribution in [0.3, 0.4) is 0 Å². The molecular weight excluding hydrogens is 185 g/mol. The van der Waals surface area contributed by atoms with Crippen molar-refractivity contribution in [1.82, 2.24) is 4.90 Å². The van der Waals surface area contributed by atoms with E-state index < -0.39 is 0 Å². The molecule has 2 aliphatic rings. The van der Waals surface area contributed by atoms with Crippen molar-refractivity contribution in [3.8, 4) is 0 Å². The third-order valence-corrected chi connectivity index (χ3v) is 3.16. The summed E-state index contributed by atoms with van der Waals surface area (Å²) in [7, 11) is 0. The molecule has 2 rings (SSSR count). The van der Waals surface area contributed by atoms with Gasteiger partial charge in [-0.1, -0.05) is 0 Å². The predicted molar refractivity (Wildman–Crippen MR) is 47.3 cm³/mol. The van der Waals surface area contributed by atoms with Crippen LogP contribution in [0.2, 0.25) is 0 Å². The Kier molecular flexibility index (Phi) is 3.30. The fourth-order valence-electron chi connectivity index (χ4n) is 2.40. The zero-order chi connectivity index (χ0) is 7.90. The molecule has 0 unspecified atom stereocenters. The van der Waals surface area contributed by atoms with Gasteiger partial charge in [-0.2, -0.15) is 12.8 Å². The summed E-state index contributed by atoms with van der Waals surface area (Å²) in [6, 6.07) is 0.756. The number of piperidine rings is 1. The van der Waals surface area contributed by atoms with Gasteiger partial charge < -0.3 is 11.3 Å². The second-order valence-electron chi connectivity index (χ2n) is 4.29. The molecule has 0 bridgehead atoms. The summed E-state index contributed by atoms with van der Waals surface area (Å²) in [4.78, 5) is 2.70. The molecule has 1 heterocycles. The fourth-order valence-corrected chi connectivity index (χ4v) is 2.40. The Morgan fingerprint density at radius 1 is 1.33 bits per heavy atom. The molecule has 2 heteroatoms. The van der Waals surface area contributed by atoms with Crippen molar-refractivity contribution in [3.05, 3.63) is 6.42 Å². The Bertz CT molecular complexity index is 152. The SMILES string of the molecule is CC(C)N1CC[CH-]CC12CC2.[V]. The minimum Gasteiger partial charge on any atom is -0.326 e. The molecule has 2 fully saturated rings. The van der Waals surface area contributed by atoms with Gasteiger partial charge in [0.15, 0.2) is 0 Å². The maximum Gasteiger partial charge on any atom is 0.00419 e. The molecule has 69 valence electrons. The molecule has 0 amide bonds. The smallest absolute Gasteiger partial charge is 0.00419 e. The van der Waals surface area contributed by atoms with E-state index in [0.29, 0.717) is 5.54 Å². The fraction of sp³-hybridized carbons (Fsp3) is 0.900. The summed E-state index contributed by atoms with van der Waals surface area (Å²) in [5.41, 5.74) is 0.645. The number of hydrogen-bond donors (Lipinski definition) is 0. The molecule has 0 aromatic rings. The van der Waals surface area contributed by atoms with Gasteiger partial charge in [0.25, 0.3) is 0 Å². The van der Waals surface area contributed by atoms with Gasteiger partial charge in [-0.25, -0.2) is 0 Å². The molecule has 1 nitrogen and oxygen atoms in total. The van der Waals surface area contributed by atoms with E-state index >= 15 is 0 Å². The van der Waals surface area contributed by atoms with E-state index in [9.17, 15) is 0 Å². The third kappa shape index (κ3) is 1.73. The van der Waals surface area contributed by atoms with E-state index in [-0.39, 0.29) is 18.6 Å². The summed E-state index contributed by atoms with van der Waals surface area (Å²) in [6.07, 6.45) is 8.03. The van der Waals surface area contributed by atoms with Crippen LogP contribution in [-0.2, 0) is 18.6 Å². The van der Waals surface area contributed by atoms with Crippen LogP contribution in [-0.4, -0.2) is 23.0 Å². The average Bonchev–Trinajstić information content (AvgIpc) is 2.70. The number of nitrogens with zero attached hydrogens (tertiary/aromatic N) is 1. The summed E-state index contributed by atoms with van der Waals surface area (Å²) >= 11 is 0. The zero-order valence-corrected chi connectivity index (χ0v) is 9.48. The van der Waals surface area contributed by atoms with Crippen LogP contribution in [0.5, 0.6) is 0 Å². The van der Waals surface area contributed by atoms with Crippen LogP contribution >= 0.6 is 0 Å². The molecule has 1 spiro atoms. The minimum absolute atomic E-state index is 0. The first-order chi connectivity index (χ1) is 5.25. The molecule has 1 aliphatic carbocycles. The van der Waals surface area contributed by atoms with Crippen LogP contribution in [0, 0.1) is 6.42 Å². The van der Waals surface area contributed by atoms with E-state index in [0.717, 1.165) is 6.04 Å². The molecule has 1 radical (unpaired) electrons. The standard InChI is InChI=1S/C10H18N.V/c1-9(2)11-8-4-3-5-10(11)6-7-10;/h3,9H,4-8H2,1-2H3;/q-1;. The molecule has 0 aromatic carbocycles. The molecule has 1 aliphatic heterocycles. The Morgan fingerprint density at radius 2 is 2.00 bits per heavy atom. The first-order valence-corrected chi connectivity index (χ1v) is 4.83. The monoisotopic (exact) mass is 203 g/mol. The van der Waals surface area contributed by atoms with E-state index in [1.54, 1.807) is 0 Å². The van der Waals surface area contributed by atoms with Crippen LogP contribution in [0.4, 0.5) is 0 Å². The van der Waals surface area contributed by atoms with Crippen molar-refractivity contribution < 1.29 is 18.6 Å². The van der Waals surface area contributed by atoms with Gasteiger partial charge in [0.2, 0.25) is 0 Å². The van der Waals surface area contributed by atoms with Crippen molar-refractivity contribution in [3.63, 3.8) is 0 Å². The van der Waals surface area contributed by atoms with Crippen molar-refractivity contribution >= 4 is 0 Å². The van der Waals surface area contributed by atoms with Gasteiger partial charge >= 0.3 is 0 Å². The van der Waals surface area contributed by atoms with Crippen molar-refractivity contribution in [2.24, 2.45) is 0 Å². The van der Waals surface area contributed by atoms with Crippen LogP contribution in [0.25, 0.3) is 0 Å². The summed E-state index contributed by atoms with van der Waals surface area (Å²) < 4.78 is 0. The number of rotatable bonds is 1. The quantitative estimate of drug-likeness (QED) is 0.591. The summed E-state index contributed by atoms with van der Waals surface area (Å²) in [5.74, 6) is 0. The van der Waals surface area contributed by atoms with E-state index in [4.69, 9.17) is 0 Å². The Morgan fingerprint density at radius 3 is 2.42 bits per heavy atom. The second-order valence-corrected chi connectivity index (χ2v) is 4.29. The van der Waals surface area contributed by atoms with Gasteiger partial charge in [0, 0.05) is 24.6 Å². The molecule has 1 saturated carbocycles. The topological polar surface area (TPSA) is 3.24 Å². The number of likely N-dealkylation sites (tertiary alicyclic amines) is 1. The summed E-state index contributed by atoms with van der Waals surface area (Å²) in [6.45, 7) is 5.95. The molecule has 12 heavy (non-hydrogen) atoms. The van der Waals surface area contributed by atoms with E-state index in [1.807, 2.05) is 0 Å². The molecule has 0 N–H and O–H groups in total. The van der Waals surface area contributed by atoms with Crippen LogP contribution in [0.1, 0.15) is 39.5 Å². The Labute approximate surface area is 87.8 Å². The van der Waals surface area contributed by atoms with Crippen molar-refractivity contribution in [1.29, 1.82) is 0 Å². The largest absolute Gasteiger partial charge is 0.326 e. The second kappa shape index (κ2) is 3.73. The normalized spacial score (nSPS) is 27.2. The first kappa shape index (κ1) is 10.6. The van der Waals surface area contributed by atoms with Gasteiger partial charge in [0.1, 0.15) is 0 Å². The molecule has 0 aromatic heterocycles. The maximum absolute atomic E-state index is 2.70. The van der Waals surface area contributed by atoms with Crippen molar-refractivity contribution in [2.75, 3.05) is 6.54 Å². The van der Waals surface area contributed by atoms with Crippen molar-refractivity contribution in [2.45, 2.75) is 51.1 Å². The van der Waals surface area contributed by atoms with Gasteiger partial charge in [-0.05, 0) is 38.8 Å². The predicted octanol–water partition coefficient (Wildman–Crippen LogP) is 2.22. The van der Waals surface area contributed by atoms with Gasteiger partial charge in [-0.3, -0.25) is 0 Å². The van der Waals surface area contributed by atoms with E-state index in [2.05, 4.69) is 25.2 Å².